The van der Waals surface area contributed by atoms with Crippen LogP contribution in [0.1, 0.15) is 122 Å². The Labute approximate surface area is 307 Å². The number of carbonyl (C=O) groups excluding carboxylic acids is 3. The molecular weight excluding hydrogens is 660 g/mol. The molecule has 3 aromatic rings. The van der Waals surface area contributed by atoms with Crippen molar-refractivity contribution < 1.29 is 14.4 Å². The van der Waals surface area contributed by atoms with Crippen LogP contribution in [0.3, 0.4) is 0 Å². The number of hydrogen-bond acceptors (Lipinski definition) is 7. The van der Waals surface area contributed by atoms with Gasteiger partial charge in [-0.2, -0.15) is 5.01 Å². The Morgan fingerprint density at radius 1 is 0.804 bits per heavy atom. The van der Waals surface area contributed by atoms with Gasteiger partial charge < -0.3 is 0 Å². The van der Waals surface area contributed by atoms with Crippen LogP contribution < -0.4 is 5.01 Å². The van der Waals surface area contributed by atoms with Gasteiger partial charge in [-0.25, -0.2) is 5.01 Å². The second-order valence-corrected chi connectivity index (χ2v) is 14.0. The van der Waals surface area contributed by atoms with Crippen molar-refractivity contribution in [2.24, 2.45) is 15.4 Å². The fraction of sp³-hybridized carbons (Fsp3) is 0.463. The first-order valence-electron chi connectivity index (χ1n) is 18.8. The number of unbranched alkanes of at least 4 members (excludes halogenated alkanes) is 14. The van der Waals surface area contributed by atoms with Crippen molar-refractivity contribution in [1.29, 1.82) is 0 Å². The first kappa shape index (κ1) is 37.9. The molecule has 0 bridgehead atoms. The topological polar surface area (TPSA) is 98.0 Å². The summed E-state index contributed by atoms with van der Waals surface area (Å²) in [7, 11) is 0. The van der Waals surface area contributed by atoms with Crippen molar-refractivity contribution in [2.45, 2.75) is 121 Å². The van der Waals surface area contributed by atoms with Gasteiger partial charge in [-0.1, -0.05) is 156 Å². The van der Waals surface area contributed by atoms with Crippen LogP contribution in [0, 0.1) is 0 Å². The highest BCUT2D eigenvalue weighted by atomic mass is 35.5. The standard InChI is InChI=1S/C41H51ClN6O3/c1-2-3-4-5-6-7-8-9-10-11-12-13-14-15-16-17-22-32-23-20-26-34(29-32)46(47-39(49)30-36(42)41(47)51)38-31-40(50)48(44-38)45-43-37-28-21-25-33-24-18-19-27-35(33)37/h17-29,36H,2-16,30-31H2,1H3. The van der Waals surface area contributed by atoms with Crippen molar-refractivity contribution in [2.75, 3.05) is 5.01 Å². The Balaban J connectivity index is 1.16. The largest absolute Gasteiger partial charge is 0.274 e. The average Bonchev–Trinajstić information content (AvgIpc) is 3.63. The van der Waals surface area contributed by atoms with Gasteiger partial charge in [0.25, 0.3) is 17.7 Å². The molecule has 0 aliphatic carbocycles. The molecule has 10 heteroatoms. The Bertz CT molecular complexity index is 1720. The fourth-order valence-electron chi connectivity index (χ4n) is 6.59. The molecule has 5 rings (SSSR count). The van der Waals surface area contributed by atoms with Crippen LogP contribution >= 0.6 is 11.6 Å². The lowest BCUT2D eigenvalue weighted by molar-refractivity contribution is -0.138. The van der Waals surface area contributed by atoms with Crippen molar-refractivity contribution in [3.8, 4) is 0 Å². The van der Waals surface area contributed by atoms with Crippen molar-refractivity contribution in [3.05, 3.63) is 78.4 Å². The predicted molar refractivity (Wildman–Crippen MR) is 206 cm³/mol. The van der Waals surface area contributed by atoms with Gasteiger partial charge in [0.15, 0.2) is 5.84 Å². The Kier molecular flexibility index (Phi) is 14.8. The number of hydrogen-bond donors (Lipinski definition) is 0. The summed E-state index contributed by atoms with van der Waals surface area (Å²) in [5.74, 6) is -1.30. The smallest absolute Gasteiger partial charge is 0.272 e. The number of allylic oxidation sites excluding steroid dienone is 1. The molecule has 270 valence electrons. The van der Waals surface area contributed by atoms with E-state index in [0.29, 0.717) is 11.4 Å². The van der Waals surface area contributed by atoms with E-state index in [1.165, 1.54) is 88.5 Å². The Morgan fingerprint density at radius 3 is 2.14 bits per heavy atom. The normalized spacial score (nSPS) is 16.5. The molecule has 2 heterocycles. The fourth-order valence-corrected chi connectivity index (χ4v) is 6.81. The third-order valence-electron chi connectivity index (χ3n) is 9.41. The van der Waals surface area contributed by atoms with Gasteiger partial charge in [0.1, 0.15) is 5.38 Å². The Morgan fingerprint density at radius 2 is 1.45 bits per heavy atom. The molecule has 1 saturated heterocycles. The summed E-state index contributed by atoms with van der Waals surface area (Å²) in [6.07, 6.45) is 23.6. The molecule has 51 heavy (non-hydrogen) atoms. The summed E-state index contributed by atoms with van der Waals surface area (Å²) >= 11 is 6.23. The van der Waals surface area contributed by atoms with E-state index in [9.17, 15) is 14.4 Å². The molecule has 3 aromatic carbocycles. The van der Waals surface area contributed by atoms with E-state index in [0.717, 1.165) is 39.3 Å². The minimum absolute atomic E-state index is 0.137. The molecule has 1 atom stereocenters. The lowest BCUT2D eigenvalue weighted by Crippen LogP contribution is -2.50. The summed E-state index contributed by atoms with van der Waals surface area (Å²) < 4.78 is 0. The number of alkyl halides is 1. The molecule has 0 aromatic heterocycles. The van der Waals surface area contributed by atoms with E-state index in [1.807, 2.05) is 66.7 Å². The maximum atomic E-state index is 13.1. The molecule has 9 nitrogen and oxygen atoms in total. The number of fused-ring (bicyclic) bond motifs is 1. The minimum Gasteiger partial charge on any atom is -0.272 e. The summed E-state index contributed by atoms with van der Waals surface area (Å²) in [4.78, 5) is 39.3. The third kappa shape index (κ3) is 10.8. The average molecular weight is 711 g/mol. The third-order valence-corrected chi connectivity index (χ3v) is 9.75. The molecule has 0 saturated carbocycles. The molecule has 2 aliphatic rings. The van der Waals surface area contributed by atoms with Crippen LogP contribution in [0.15, 0.2) is 88.2 Å². The zero-order valence-electron chi connectivity index (χ0n) is 29.9. The van der Waals surface area contributed by atoms with E-state index in [4.69, 9.17) is 11.6 Å². The zero-order chi connectivity index (χ0) is 35.8. The van der Waals surface area contributed by atoms with Crippen LogP contribution in [0.4, 0.5) is 11.4 Å². The molecule has 3 amide bonds. The molecule has 0 radical (unpaired) electrons. The van der Waals surface area contributed by atoms with E-state index in [1.54, 1.807) is 6.07 Å². The summed E-state index contributed by atoms with van der Waals surface area (Å²) in [6, 6.07) is 20.9. The Hall–Kier alpha value is -4.37. The van der Waals surface area contributed by atoms with Gasteiger partial charge >= 0.3 is 0 Å². The first-order valence-corrected chi connectivity index (χ1v) is 19.3. The maximum Gasteiger partial charge on any atom is 0.274 e. The van der Waals surface area contributed by atoms with Gasteiger partial charge in [-0.3, -0.25) is 14.4 Å². The predicted octanol–water partition coefficient (Wildman–Crippen LogP) is 11.1. The monoisotopic (exact) mass is 710 g/mol. The lowest BCUT2D eigenvalue weighted by atomic mass is 10.0. The minimum atomic E-state index is -0.993. The van der Waals surface area contributed by atoms with Gasteiger partial charge in [-0.05, 0) is 47.2 Å². The highest BCUT2D eigenvalue weighted by molar-refractivity contribution is 6.36. The number of amidine groups is 1. The van der Waals surface area contributed by atoms with Crippen LogP contribution in [0.5, 0.6) is 0 Å². The second-order valence-electron chi connectivity index (χ2n) is 13.5. The van der Waals surface area contributed by atoms with Crippen molar-refractivity contribution in [1.82, 2.24) is 10.1 Å². The number of benzene rings is 3. The summed E-state index contributed by atoms with van der Waals surface area (Å²) in [5, 5.41) is 17.0. The zero-order valence-corrected chi connectivity index (χ0v) is 30.6. The molecule has 1 unspecified atom stereocenters. The van der Waals surface area contributed by atoms with Crippen molar-refractivity contribution in [3.63, 3.8) is 0 Å². The number of anilines is 1. The quantitative estimate of drug-likeness (QED) is 0.0504. The van der Waals surface area contributed by atoms with Gasteiger partial charge in [-0.15, -0.1) is 21.8 Å². The number of imide groups is 1. The lowest BCUT2D eigenvalue weighted by Gasteiger charge is -2.31. The number of nitrogens with zero attached hydrogens (tertiary/aromatic N) is 6. The SMILES string of the molecule is CCCCCCCCCCCCCCCCC=Cc1cccc(N(C2=NN(N=Nc3cccc4ccccc34)C(=O)C2)N2C(=O)CC(Cl)C2=O)c1. The molecule has 0 spiro atoms. The molecule has 2 aliphatic heterocycles. The maximum absolute atomic E-state index is 13.1. The first-order chi connectivity index (χ1) is 25.0. The van der Waals surface area contributed by atoms with Gasteiger partial charge in [0.05, 0.1) is 24.2 Å². The number of rotatable bonds is 20. The number of halogens is 1. The summed E-state index contributed by atoms with van der Waals surface area (Å²) in [5.41, 5.74) is 2.01. The highest BCUT2D eigenvalue weighted by Crippen LogP contribution is 2.31. The summed E-state index contributed by atoms with van der Waals surface area (Å²) in [6.45, 7) is 2.27. The molecule has 0 N–H and O–H groups in total. The second kappa shape index (κ2) is 19.9. The molecular formula is C41H51ClN6O3. The number of hydrazone groups is 1. The van der Waals surface area contributed by atoms with Crippen LogP contribution in [-0.2, 0) is 14.4 Å². The van der Waals surface area contributed by atoms with Gasteiger partial charge in [0, 0.05) is 5.39 Å². The van der Waals surface area contributed by atoms with E-state index in [2.05, 4.69) is 28.4 Å². The van der Waals surface area contributed by atoms with Crippen molar-refractivity contribution >= 4 is 63.4 Å². The number of amides is 3. The van der Waals surface area contributed by atoms with E-state index in [-0.39, 0.29) is 18.7 Å². The highest BCUT2D eigenvalue weighted by Gasteiger charge is 2.44. The van der Waals surface area contributed by atoms with Crippen LogP contribution in [0.25, 0.3) is 16.8 Å². The van der Waals surface area contributed by atoms with Crippen LogP contribution in [-0.4, -0.2) is 39.1 Å². The van der Waals surface area contributed by atoms with E-state index < -0.39 is 23.1 Å². The molecule has 1 fully saturated rings. The number of hydrazine groups is 1. The van der Waals surface area contributed by atoms with Gasteiger partial charge in [0.2, 0.25) is 0 Å². The number of carbonyl (C=O) groups is 3. The van der Waals surface area contributed by atoms with E-state index >= 15 is 0 Å². The van der Waals surface area contributed by atoms with Crippen LogP contribution in [0.2, 0.25) is 0 Å².